The minimum atomic E-state index is -2.09. The molecule has 178 valence electrons. The minimum absolute atomic E-state index is 0.271. The highest BCUT2D eigenvalue weighted by molar-refractivity contribution is 6.66. The average molecular weight is 479 g/mol. The summed E-state index contributed by atoms with van der Waals surface area (Å²) in [5.74, 6) is 0.542. The predicted molar refractivity (Wildman–Crippen MR) is 133 cm³/mol. The second kappa shape index (κ2) is 12.0. The van der Waals surface area contributed by atoms with Crippen LogP contribution in [0.15, 0.2) is 36.4 Å². The number of aryl methyl sites for hydroxylation is 2. The quantitative estimate of drug-likeness (QED) is 0.377. The first-order valence-electron chi connectivity index (χ1n) is 11.0. The number of benzene rings is 2. The maximum absolute atomic E-state index is 10.5. The van der Waals surface area contributed by atoms with Crippen molar-refractivity contribution in [2.24, 2.45) is 0 Å². The van der Waals surface area contributed by atoms with Gasteiger partial charge in [0.1, 0.15) is 11.5 Å². The standard InChI is InChI=1S/C24H38O6Si2/c1-27-31(5,28-2)15-7-9-19-11-13-21(17-23(19)25)22-14-12-20(24(26)18-22)10-8-16-32(6,29-3)30-4/h11-14,17-18,25-26H,7-10,15-16H2,1-6H3. The van der Waals surface area contributed by atoms with Crippen LogP contribution in [0.25, 0.3) is 11.1 Å². The molecule has 0 aliphatic carbocycles. The molecule has 0 atom stereocenters. The molecular weight excluding hydrogens is 440 g/mol. The molecule has 0 aliphatic heterocycles. The van der Waals surface area contributed by atoms with E-state index in [0.717, 1.165) is 60.0 Å². The molecule has 0 aromatic heterocycles. The van der Waals surface area contributed by atoms with Crippen LogP contribution < -0.4 is 0 Å². The summed E-state index contributed by atoms with van der Waals surface area (Å²) < 4.78 is 22.1. The van der Waals surface area contributed by atoms with Gasteiger partial charge in [-0.1, -0.05) is 24.3 Å². The Morgan fingerprint density at radius 3 is 1.25 bits per heavy atom. The van der Waals surface area contributed by atoms with Gasteiger partial charge < -0.3 is 27.9 Å². The molecule has 2 N–H and O–H groups in total. The smallest absolute Gasteiger partial charge is 0.334 e. The first-order chi connectivity index (χ1) is 15.2. The molecule has 0 aliphatic rings. The number of rotatable bonds is 13. The third-order valence-electron chi connectivity index (χ3n) is 6.39. The van der Waals surface area contributed by atoms with Gasteiger partial charge in [-0.2, -0.15) is 0 Å². The van der Waals surface area contributed by atoms with Crippen molar-refractivity contribution in [1.82, 2.24) is 0 Å². The molecule has 0 unspecified atom stereocenters. The zero-order valence-corrected chi connectivity index (χ0v) is 22.2. The maximum atomic E-state index is 10.5. The first kappa shape index (κ1) is 26.6. The van der Waals surface area contributed by atoms with Gasteiger partial charge in [-0.15, -0.1) is 0 Å². The summed E-state index contributed by atoms with van der Waals surface area (Å²) in [6.45, 7) is 4.09. The van der Waals surface area contributed by atoms with E-state index < -0.39 is 17.1 Å². The fourth-order valence-corrected chi connectivity index (χ4v) is 6.47. The highest BCUT2D eigenvalue weighted by atomic mass is 28.4. The predicted octanol–water partition coefficient (Wildman–Crippen LogP) is 5.36. The summed E-state index contributed by atoms with van der Waals surface area (Å²) in [5.41, 5.74) is 3.56. The monoisotopic (exact) mass is 478 g/mol. The van der Waals surface area contributed by atoms with Crippen LogP contribution in [-0.4, -0.2) is 55.8 Å². The van der Waals surface area contributed by atoms with E-state index in [2.05, 4.69) is 0 Å². The van der Waals surface area contributed by atoms with E-state index in [-0.39, 0.29) is 11.5 Å². The van der Waals surface area contributed by atoms with Crippen LogP contribution in [0.3, 0.4) is 0 Å². The lowest BCUT2D eigenvalue weighted by Gasteiger charge is -2.22. The molecule has 0 amide bonds. The van der Waals surface area contributed by atoms with Gasteiger partial charge in [-0.25, -0.2) is 0 Å². The molecule has 2 aromatic carbocycles. The van der Waals surface area contributed by atoms with Crippen molar-refractivity contribution in [3.05, 3.63) is 47.5 Å². The van der Waals surface area contributed by atoms with Crippen LogP contribution in [0.4, 0.5) is 0 Å². The molecule has 0 radical (unpaired) electrons. The molecule has 2 rings (SSSR count). The van der Waals surface area contributed by atoms with E-state index in [1.54, 1.807) is 40.6 Å². The van der Waals surface area contributed by atoms with Crippen molar-refractivity contribution in [1.29, 1.82) is 0 Å². The average Bonchev–Trinajstić information content (AvgIpc) is 2.80. The Balaban J connectivity index is 2.01. The topological polar surface area (TPSA) is 77.4 Å². The summed E-state index contributed by atoms with van der Waals surface area (Å²) in [6.07, 6.45) is 3.30. The van der Waals surface area contributed by atoms with E-state index in [4.69, 9.17) is 17.7 Å². The van der Waals surface area contributed by atoms with Crippen molar-refractivity contribution in [2.75, 3.05) is 28.4 Å². The molecule has 2 aromatic rings. The third kappa shape index (κ3) is 7.16. The number of hydrogen-bond acceptors (Lipinski definition) is 6. The highest BCUT2D eigenvalue weighted by Crippen LogP contribution is 2.32. The molecule has 8 heteroatoms. The molecule has 0 spiro atoms. The first-order valence-corrected chi connectivity index (χ1v) is 16.1. The number of phenolic OH excluding ortho intramolecular Hbond substituents is 2. The largest absolute Gasteiger partial charge is 0.508 e. The second-order valence-electron chi connectivity index (χ2n) is 8.48. The van der Waals surface area contributed by atoms with Gasteiger partial charge in [0.15, 0.2) is 0 Å². The zero-order valence-electron chi connectivity index (χ0n) is 20.2. The molecule has 32 heavy (non-hydrogen) atoms. The van der Waals surface area contributed by atoms with Gasteiger partial charge in [-0.3, -0.25) is 0 Å². The summed E-state index contributed by atoms with van der Waals surface area (Å²) >= 11 is 0. The fourth-order valence-electron chi connectivity index (χ4n) is 3.68. The van der Waals surface area contributed by atoms with Crippen molar-refractivity contribution in [2.45, 2.75) is 50.9 Å². The van der Waals surface area contributed by atoms with E-state index in [1.807, 2.05) is 37.4 Å². The minimum Gasteiger partial charge on any atom is -0.508 e. The Labute approximate surface area is 194 Å². The van der Waals surface area contributed by atoms with E-state index in [1.165, 1.54) is 0 Å². The molecule has 0 heterocycles. The Kier molecular flexibility index (Phi) is 9.93. The third-order valence-corrected chi connectivity index (χ3v) is 12.4. The van der Waals surface area contributed by atoms with E-state index in [0.29, 0.717) is 0 Å². The van der Waals surface area contributed by atoms with Crippen LogP contribution >= 0.6 is 0 Å². The van der Waals surface area contributed by atoms with Crippen LogP contribution in [0.2, 0.25) is 25.2 Å². The Morgan fingerprint density at radius 1 is 0.625 bits per heavy atom. The van der Waals surface area contributed by atoms with Crippen LogP contribution in [-0.2, 0) is 30.5 Å². The van der Waals surface area contributed by atoms with Crippen molar-refractivity contribution in [3.8, 4) is 22.6 Å². The maximum Gasteiger partial charge on any atom is 0.334 e. The number of aromatic hydroxyl groups is 2. The van der Waals surface area contributed by atoms with Crippen LogP contribution in [0.1, 0.15) is 24.0 Å². The molecular formula is C24H38O6Si2. The van der Waals surface area contributed by atoms with Gasteiger partial charge in [0.25, 0.3) is 0 Å². The van der Waals surface area contributed by atoms with Crippen molar-refractivity contribution >= 4 is 17.1 Å². The molecule has 0 saturated heterocycles. The SMILES string of the molecule is CO[Si](C)(CCCc1ccc(-c2ccc(CCC[Si](C)(OC)OC)c(O)c2)cc1O)OC. The second-order valence-corrected chi connectivity index (χ2v) is 15.6. The van der Waals surface area contributed by atoms with Gasteiger partial charge in [0.2, 0.25) is 0 Å². The normalized spacial score (nSPS) is 12.3. The van der Waals surface area contributed by atoms with E-state index >= 15 is 0 Å². The molecule has 0 fully saturated rings. The van der Waals surface area contributed by atoms with Crippen LogP contribution in [0.5, 0.6) is 11.5 Å². The fraction of sp³-hybridized carbons (Fsp3) is 0.500. The summed E-state index contributed by atoms with van der Waals surface area (Å²) in [5, 5.41) is 21.1. The lowest BCUT2D eigenvalue weighted by Crippen LogP contribution is -2.35. The molecule has 6 nitrogen and oxygen atoms in total. The Hall–Kier alpha value is -1.69. The zero-order chi connectivity index (χ0) is 23.8. The van der Waals surface area contributed by atoms with Crippen molar-refractivity contribution in [3.63, 3.8) is 0 Å². The summed E-state index contributed by atoms with van der Waals surface area (Å²) in [4.78, 5) is 0. The lowest BCUT2D eigenvalue weighted by atomic mass is 9.98. The van der Waals surface area contributed by atoms with Gasteiger partial charge >= 0.3 is 17.1 Å². The van der Waals surface area contributed by atoms with Gasteiger partial charge in [-0.05, 0) is 85.3 Å². The molecule has 0 bridgehead atoms. The van der Waals surface area contributed by atoms with Gasteiger partial charge in [0.05, 0.1) is 0 Å². The number of phenols is 2. The lowest BCUT2D eigenvalue weighted by molar-refractivity contribution is 0.248. The highest BCUT2D eigenvalue weighted by Gasteiger charge is 2.28. The number of hydrogen-bond donors (Lipinski definition) is 2. The molecule has 0 saturated carbocycles. The van der Waals surface area contributed by atoms with Crippen LogP contribution in [0, 0.1) is 0 Å². The summed E-state index contributed by atoms with van der Waals surface area (Å²) in [7, 11) is 2.60. The summed E-state index contributed by atoms with van der Waals surface area (Å²) in [6, 6.07) is 13.1. The Bertz CT molecular complexity index is 794. The van der Waals surface area contributed by atoms with Crippen molar-refractivity contribution < 1.29 is 27.9 Å². The van der Waals surface area contributed by atoms with Gasteiger partial charge in [0, 0.05) is 28.4 Å². The Morgan fingerprint density at radius 2 is 0.969 bits per heavy atom. The van der Waals surface area contributed by atoms with E-state index in [9.17, 15) is 10.2 Å².